The third kappa shape index (κ3) is 4.68. The number of aromatic hydroxyl groups is 1. The zero-order valence-electron chi connectivity index (χ0n) is 16.6. The van der Waals surface area contributed by atoms with Crippen LogP contribution in [-0.2, 0) is 10.0 Å². The van der Waals surface area contributed by atoms with Crippen LogP contribution in [-0.4, -0.2) is 24.6 Å². The molecule has 0 fully saturated rings. The summed E-state index contributed by atoms with van der Waals surface area (Å²) in [6, 6.07) is 17.9. The van der Waals surface area contributed by atoms with Crippen LogP contribution >= 0.6 is 23.2 Å². The predicted octanol–water partition coefficient (Wildman–Crippen LogP) is 6.14. The van der Waals surface area contributed by atoms with Gasteiger partial charge in [-0.05, 0) is 48.5 Å². The van der Waals surface area contributed by atoms with E-state index in [2.05, 4.69) is 4.72 Å². The molecule has 0 aliphatic carbocycles. The lowest BCUT2D eigenvalue weighted by Crippen LogP contribution is -2.14. The SMILES string of the molecule is O=C(O)c1cc(S(=O)(=O)Nc2ccc(Oc3ccc(Cl)cc3Cl)cc2)c2ccccc2c1O. The Bertz CT molecular complexity index is 1490. The summed E-state index contributed by atoms with van der Waals surface area (Å²) in [6.45, 7) is 0. The van der Waals surface area contributed by atoms with Crippen LogP contribution in [0.1, 0.15) is 10.4 Å². The molecule has 0 amide bonds. The van der Waals surface area contributed by atoms with Crippen LogP contribution in [0.3, 0.4) is 0 Å². The van der Waals surface area contributed by atoms with Crippen molar-refractivity contribution in [1.82, 2.24) is 0 Å². The van der Waals surface area contributed by atoms with Crippen LogP contribution in [0, 0.1) is 0 Å². The summed E-state index contributed by atoms with van der Waals surface area (Å²) in [5.74, 6) is -1.16. The van der Waals surface area contributed by atoms with Gasteiger partial charge in [0.25, 0.3) is 10.0 Å². The number of hydrogen-bond donors (Lipinski definition) is 3. The molecular formula is C23H15Cl2NO6S. The number of hydrogen-bond acceptors (Lipinski definition) is 5. The van der Waals surface area contributed by atoms with Crippen LogP contribution < -0.4 is 9.46 Å². The number of rotatable bonds is 6. The number of sulfonamides is 1. The maximum Gasteiger partial charge on any atom is 0.339 e. The molecule has 7 nitrogen and oxygen atoms in total. The van der Waals surface area contributed by atoms with Gasteiger partial charge < -0.3 is 14.9 Å². The first-order valence-corrected chi connectivity index (χ1v) is 11.6. The second kappa shape index (κ2) is 8.82. The van der Waals surface area contributed by atoms with E-state index in [9.17, 15) is 23.4 Å². The fourth-order valence-electron chi connectivity index (χ4n) is 3.20. The van der Waals surface area contributed by atoms with E-state index in [0.29, 0.717) is 21.5 Å². The van der Waals surface area contributed by atoms with Crippen molar-refractivity contribution in [3.05, 3.63) is 88.4 Å². The maximum atomic E-state index is 13.1. The smallest absolute Gasteiger partial charge is 0.339 e. The van der Waals surface area contributed by atoms with Crippen LogP contribution in [0.4, 0.5) is 5.69 Å². The van der Waals surface area contributed by atoms with Gasteiger partial charge in [-0.3, -0.25) is 4.72 Å². The van der Waals surface area contributed by atoms with E-state index in [-0.39, 0.29) is 21.4 Å². The number of benzene rings is 4. The number of carbonyl (C=O) groups is 1. The molecule has 0 radical (unpaired) electrons. The van der Waals surface area contributed by atoms with Crippen molar-refractivity contribution in [3.8, 4) is 17.2 Å². The first kappa shape index (κ1) is 22.7. The van der Waals surface area contributed by atoms with E-state index in [1.807, 2.05) is 0 Å². The van der Waals surface area contributed by atoms with Crippen molar-refractivity contribution >= 4 is 55.7 Å². The average molecular weight is 504 g/mol. The molecule has 0 aliphatic rings. The van der Waals surface area contributed by atoms with Crippen molar-refractivity contribution in [1.29, 1.82) is 0 Å². The van der Waals surface area contributed by atoms with Crippen LogP contribution in [0.2, 0.25) is 10.0 Å². The summed E-state index contributed by atoms with van der Waals surface area (Å²) in [6.07, 6.45) is 0. The second-order valence-electron chi connectivity index (χ2n) is 6.93. The molecule has 0 saturated heterocycles. The predicted molar refractivity (Wildman–Crippen MR) is 126 cm³/mol. The van der Waals surface area contributed by atoms with Gasteiger partial charge >= 0.3 is 5.97 Å². The Morgan fingerprint density at radius 2 is 1.58 bits per heavy atom. The van der Waals surface area contributed by atoms with Crippen molar-refractivity contribution < 1.29 is 28.2 Å². The van der Waals surface area contributed by atoms with Gasteiger partial charge in [-0.1, -0.05) is 47.5 Å². The number of phenols is 1. The summed E-state index contributed by atoms with van der Waals surface area (Å²) in [5, 5.41) is 20.7. The fraction of sp³-hybridized carbons (Fsp3) is 0. The van der Waals surface area contributed by atoms with Gasteiger partial charge in [-0.2, -0.15) is 0 Å². The highest BCUT2D eigenvalue weighted by molar-refractivity contribution is 7.93. The normalized spacial score (nSPS) is 11.3. The number of nitrogens with one attached hydrogen (secondary N) is 1. The van der Waals surface area contributed by atoms with Crippen molar-refractivity contribution in [2.24, 2.45) is 0 Å². The highest BCUT2D eigenvalue weighted by atomic mass is 35.5. The molecule has 0 unspecified atom stereocenters. The van der Waals surface area contributed by atoms with Gasteiger partial charge in [0.1, 0.15) is 22.8 Å². The minimum atomic E-state index is -4.20. The first-order valence-electron chi connectivity index (χ1n) is 9.39. The monoisotopic (exact) mass is 503 g/mol. The Kier molecular flexibility index (Phi) is 6.07. The van der Waals surface area contributed by atoms with E-state index >= 15 is 0 Å². The van der Waals surface area contributed by atoms with Gasteiger partial charge in [0.15, 0.2) is 0 Å². The first-order chi connectivity index (χ1) is 15.7. The molecule has 4 rings (SSSR count). The summed E-state index contributed by atoms with van der Waals surface area (Å²) >= 11 is 12.0. The molecule has 0 atom stereocenters. The Morgan fingerprint density at radius 1 is 0.909 bits per heavy atom. The summed E-state index contributed by atoms with van der Waals surface area (Å²) < 4.78 is 34.3. The molecule has 0 heterocycles. The van der Waals surface area contributed by atoms with Crippen molar-refractivity contribution in [2.45, 2.75) is 4.90 Å². The quantitative estimate of drug-likeness (QED) is 0.291. The number of anilines is 1. The summed E-state index contributed by atoms with van der Waals surface area (Å²) in [4.78, 5) is 11.3. The Labute approximate surface area is 198 Å². The number of carboxylic acid groups (broad SMARTS) is 1. The molecule has 0 saturated carbocycles. The second-order valence-corrected chi connectivity index (χ2v) is 9.42. The molecule has 0 spiro atoms. The van der Waals surface area contributed by atoms with Gasteiger partial charge in [-0.15, -0.1) is 0 Å². The van der Waals surface area contributed by atoms with Crippen molar-refractivity contribution in [3.63, 3.8) is 0 Å². The third-order valence-electron chi connectivity index (χ3n) is 4.73. The molecule has 0 aliphatic heterocycles. The molecule has 0 aromatic heterocycles. The topological polar surface area (TPSA) is 113 Å². The highest BCUT2D eigenvalue weighted by Crippen LogP contribution is 2.35. The van der Waals surface area contributed by atoms with E-state index in [0.717, 1.165) is 6.07 Å². The summed E-state index contributed by atoms with van der Waals surface area (Å²) in [5.41, 5.74) is -0.295. The Hall–Kier alpha value is -3.46. The molecule has 168 valence electrons. The molecule has 10 heteroatoms. The highest BCUT2D eigenvalue weighted by Gasteiger charge is 2.24. The fourth-order valence-corrected chi connectivity index (χ4v) is 4.94. The minimum absolute atomic E-state index is 0.112. The number of aromatic carboxylic acids is 1. The van der Waals surface area contributed by atoms with Gasteiger partial charge in [-0.25, -0.2) is 13.2 Å². The average Bonchev–Trinajstić information content (AvgIpc) is 2.77. The van der Waals surface area contributed by atoms with E-state index in [4.69, 9.17) is 27.9 Å². The molecule has 33 heavy (non-hydrogen) atoms. The molecule has 4 aromatic rings. The largest absolute Gasteiger partial charge is 0.506 e. The van der Waals surface area contributed by atoms with Gasteiger partial charge in [0.2, 0.25) is 0 Å². The zero-order chi connectivity index (χ0) is 23.8. The standard InChI is InChI=1S/C23H15Cl2NO6S/c24-13-5-10-20(19(25)11-13)32-15-8-6-14(7-9-15)26-33(30,31)21-12-18(23(28)29)22(27)17-4-2-1-3-16(17)21/h1-12,26-27H,(H,28,29). The van der Waals surface area contributed by atoms with Crippen LogP contribution in [0.15, 0.2) is 77.7 Å². The Balaban J connectivity index is 1.65. The van der Waals surface area contributed by atoms with Crippen molar-refractivity contribution in [2.75, 3.05) is 4.72 Å². The zero-order valence-corrected chi connectivity index (χ0v) is 18.9. The molecular weight excluding hydrogens is 489 g/mol. The van der Waals surface area contributed by atoms with Gasteiger partial charge in [0.05, 0.1) is 9.92 Å². The number of ether oxygens (including phenoxy) is 1. The molecule has 4 aromatic carbocycles. The van der Waals surface area contributed by atoms with Crippen LogP contribution in [0.5, 0.6) is 17.2 Å². The van der Waals surface area contributed by atoms with Crippen LogP contribution in [0.25, 0.3) is 10.8 Å². The maximum absolute atomic E-state index is 13.1. The number of carboxylic acids is 1. The van der Waals surface area contributed by atoms with E-state index in [1.165, 1.54) is 30.3 Å². The number of fused-ring (bicyclic) bond motifs is 1. The lowest BCUT2D eigenvalue weighted by Gasteiger charge is -2.14. The Morgan fingerprint density at radius 3 is 2.21 bits per heavy atom. The number of halogens is 2. The summed E-state index contributed by atoms with van der Waals surface area (Å²) in [7, 11) is -4.20. The minimum Gasteiger partial charge on any atom is -0.506 e. The van der Waals surface area contributed by atoms with Gasteiger partial charge in [0, 0.05) is 21.5 Å². The molecule has 3 N–H and O–H groups in total. The lowest BCUT2D eigenvalue weighted by molar-refractivity contribution is 0.0693. The lowest BCUT2D eigenvalue weighted by atomic mass is 10.1. The van der Waals surface area contributed by atoms with E-state index < -0.39 is 27.3 Å². The van der Waals surface area contributed by atoms with E-state index in [1.54, 1.807) is 36.4 Å². The molecule has 0 bridgehead atoms. The third-order valence-corrected chi connectivity index (χ3v) is 6.68.